The van der Waals surface area contributed by atoms with E-state index in [0.717, 1.165) is 11.0 Å². The third-order valence-electron chi connectivity index (χ3n) is 4.60. The number of halogens is 1. The molecule has 0 N–H and O–H groups in total. The van der Waals surface area contributed by atoms with Gasteiger partial charge in [-0.25, -0.2) is 9.29 Å². The lowest BCUT2D eigenvalue weighted by Gasteiger charge is -2.15. The summed E-state index contributed by atoms with van der Waals surface area (Å²) in [5.41, 5.74) is 0.469. The van der Waals surface area contributed by atoms with Crippen LogP contribution in [0.1, 0.15) is 34.6 Å². The van der Waals surface area contributed by atoms with Crippen LogP contribution in [0, 0.1) is 5.82 Å². The average Bonchev–Trinajstić information content (AvgIpc) is 2.95. The molecule has 0 spiro atoms. The van der Waals surface area contributed by atoms with Crippen LogP contribution in [0.15, 0.2) is 48.5 Å². The van der Waals surface area contributed by atoms with E-state index in [4.69, 9.17) is 9.47 Å². The summed E-state index contributed by atoms with van der Waals surface area (Å²) in [7, 11) is 0. The van der Waals surface area contributed by atoms with E-state index in [9.17, 15) is 14.0 Å². The number of rotatable bonds is 5. The van der Waals surface area contributed by atoms with Crippen LogP contribution in [0.5, 0.6) is 11.5 Å². The van der Waals surface area contributed by atoms with Gasteiger partial charge in [0.25, 0.3) is 11.8 Å². The Morgan fingerprint density at radius 3 is 1.82 bits per heavy atom. The molecule has 1 aliphatic rings. The van der Waals surface area contributed by atoms with Gasteiger partial charge in [0.2, 0.25) is 0 Å². The van der Waals surface area contributed by atoms with Gasteiger partial charge in [-0.2, -0.15) is 0 Å². The maximum absolute atomic E-state index is 13.7. The Kier molecular flexibility index (Phi) is 4.47. The molecule has 1 heterocycles. The van der Waals surface area contributed by atoms with E-state index in [2.05, 4.69) is 0 Å². The van der Waals surface area contributed by atoms with E-state index in [1.165, 1.54) is 18.2 Å². The highest BCUT2D eigenvalue weighted by Crippen LogP contribution is 2.46. The molecule has 2 amide bonds. The molecule has 1 aliphatic heterocycles. The second kappa shape index (κ2) is 6.96. The molecular weight excluding hydrogens is 361 g/mol. The topological polar surface area (TPSA) is 55.8 Å². The van der Waals surface area contributed by atoms with Crippen LogP contribution in [0.25, 0.3) is 10.8 Å². The summed E-state index contributed by atoms with van der Waals surface area (Å²) in [5.74, 6) is -0.960. The molecule has 28 heavy (non-hydrogen) atoms. The zero-order valence-electron chi connectivity index (χ0n) is 15.5. The summed E-state index contributed by atoms with van der Waals surface area (Å²) in [6, 6.07) is 12.7. The first-order valence-corrected chi connectivity index (χ1v) is 9.07. The van der Waals surface area contributed by atoms with E-state index in [1.807, 2.05) is 38.1 Å². The quantitative estimate of drug-likeness (QED) is 0.609. The molecule has 0 saturated heterocycles. The molecule has 0 atom stereocenters. The van der Waals surface area contributed by atoms with Crippen LogP contribution in [0.2, 0.25) is 0 Å². The van der Waals surface area contributed by atoms with E-state index < -0.39 is 17.6 Å². The van der Waals surface area contributed by atoms with E-state index in [0.29, 0.717) is 35.5 Å². The van der Waals surface area contributed by atoms with Crippen LogP contribution >= 0.6 is 0 Å². The number of ether oxygens (including phenoxy) is 2. The van der Waals surface area contributed by atoms with Gasteiger partial charge in [-0.05, 0) is 32.0 Å². The minimum atomic E-state index is -0.555. The highest BCUT2D eigenvalue weighted by atomic mass is 19.1. The standard InChI is InChI=1S/C22H18FNO4/c1-3-27-19-15-10-5-6-11-16(15)20(28-4-2)18-17(19)21(25)24(22(18)26)14-9-7-8-13(23)12-14/h5-12H,3-4H2,1-2H3. The lowest BCUT2D eigenvalue weighted by Crippen LogP contribution is -2.29. The molecule has 0 aliphatic carbocycles. The second-order valence-electron chi connectivity index (χ2n) is 6.25. The van der Waals surface area contributed by atoms with E-state index >= 15 is 0 Å². The van der Waals surface area contributed by atoms with Crippen molar-refractivity contribution < 1.29 is 23.5 Å². The Morgan fingerprint density at radius 2 is 1.36 bits per heavy atom. The number of hydrogen-bond donors (Lipinski definition) is 0. The van der Waals surface area contributed by atoms with Gasteiger partial charge in [0, 0.05) is 10.8 Å². The van der Waals surface area contributed by atoms with Crippen molar-refractivity contribution in [3.05, 3.63) is 65.5 Å². The van der Waals surface area contributed by atoms with Crippen molar-refractivity contribution in [2.75, 3.05) is 18.1 Å². The number of imide groups is 1. The summed E-state index contributed by atoms with van der Waals surface area (Å²) in [6.45, 7) is 4.27. The lowest BCUT2D eigenvalue weighted by molar-refractivity contribution is 0.0924. The van der Waals surface area contributed by atoms with Gasteiger partial charge in [-0.15, -0.1) is 0 Å². The number of carbonyl (C=O) groups excluding carboxylic acids is 2. The van der Waals surface area contributed by atoms with E-state index in [1.54, 1.807) is 0 Å². The zero-order valence-corrected chi connectivity index (χ0v) is 15.5. The molecule has 142 valence electrons. The summed E-state index contributed by atoms with van der Waals surface area (Å²) in [4.78, 5) is 27.5. The fraction of sp³-hybridized carbons (Fsp3) is 0.182. The van der Waals surface area contributed by atoms with Gasteiger partial charge in [0.15, 0.2) is 0 Å². The predicted octanol–water partition coefficient (Wildman–Crippen LogP) is 4.58. The molecule has 3 aromatic carbocycles. The predicted molar refractivity (Wildman–Crippen MR) is 104 cm³/mol. The third kappa shape index (κ3) is 2.60. The molecule has 0 bridgehead atoms. The number of anilines is 1. The van der Waals surface area contributed by atoms with Gasteiger partial charge >= 0.3 is 0 Å². The number of benzene rings is 3. The highest BCUT2D eigenvalue weighted by Gasteiger charge is 2.43. The molecule has 3 aromatic rings. The smallest absolute Gasteiger partial charge is 0.270 e. The summed E-state index contributed by atoms with van der Waals surface area (Å²) >= 11 is 0. The Morgan fingerprint density at radius 1 is 0.821 bits per heavy atom. The van der Waals surface area contributed by atoms with Crippen LogP contribution in [-0.2, 0) is 0 Å². The SMILES string of the molecule is CCOc1c2c(c(OCC)c3ccccc13)C(=O)N(c1cccc(F)c1)C2=O. The van der Waals surface area contributed by atoms with Crippen molar-refractivity contribution in [3.63, 3.8) is 0 Å². The Balaban J connectivity index is 2.04. The first kappa shape index (κ1) is 18.0. The molecule has 5 nitrogen and oxygen atoms in total. The Hall–Kier alpha value is -3.41. The monoisotopic (exact) mass is 379 g/mol. The number of hydrogen-bond acceptors (Lipinski definition) is 4. The first-order valence-electron chi connectivity index (χ1n) is 9.07. The van der Waals surface area contributed by atoms with Crippen LogP contribution in [-0.4, -0.2) is 25.0 Å². The number of nitrogens with zero attached hydrogens (tertiary/aromatic N) is 1. The van der Waals surface area contributed by atoms with Gasteiger partial charge in [-0.1, -0.05) is 30.3 Å². The highest BCUT2D eigenvalue weighted by molar-refractivity contribution is 6.38. The molecule has 6 heteroatoms. The third-order valence-corrected chi connectivity index (χ3v) is 4.60. The summed E-state index contributed by atoms with van der Waals surface area (Å²) < 4.78 is 25.3. The lowest BCUT2D eigenvalue weighted by atomic mass is 9.99. The summed E-state index contributed by atoms with van der Waals surface area (Å²) in [6.07, 6.45) is 0. The minimum absolute atomic E-state index is 0.151. The van der Waals surface area contributed by atoms with Crippen LogP contribution < -0.4 is 14.4 Å². The maximum atomic E-state index is 13.7. The maximum Gasteiger partial charge on any atom is 0.270 e. The largest absolute Gasteiger partial charge is 0.492 e. The van der Waals surface area contributed by atoms with E-state index in [-0.39, 0.29) is 16.8 Å². The molecule has 0 saturated carbocycles. The summed E-state index contributed by atoms with van der Waals surface area (Å²) in [5, 5.41) is 1.38. The van der Waals surface area contributed by atoms with Crippen molar-refractivity contribution in [1.29, 1.82) is 0 Å². The molecular formula is C22H18FNO4. The van der Waals surface area contributed by atoms with Crippen molar-refractivity contribution in [2.45, 2.75) is 13.8 Å². The molecule has 0 radical (unpaired) electrons. The first-order chi connectivity index (χ1) is 13.6. The van der Waals surface area contributed by atoms with Crippen molar-refractivity contribution in [1.82, 2.24) is 0 Å². The fourth-order valence-electron chi connectivity index (χ4n) is 3.54. The fourth-order valence-corrected chi connectivity index (χ4v) is 3.54. The molecule has 0 aromatic heterocycles. The normalized spacial score (nSPS) is 13.2. The van der Waals surface area contributed by atoms with Crippen LogP contribution in [0.4, 0.5) is 10.1 Å². The van der Waals surface area contributed by atoms with Crippen molar-refractivity contribution >= 4 is 28.3 Å². The van der Waals surface area contributed by atoms with Gasteiger partial charge in [0.05, 0.1) is 30.0 Å². The van der Waals surface area contributed by atoms with Gasteiger partial charge in [0.1, 0.15) is 17.3 Å². The number of amides is 2. The van der Waals surface area contributed by atoms with Crippen LogP contribution in [0.3, 0.4) is 0 Å². The minimum Gasteiger partial charge on any atom is -0.492 e. The van der Waals surface area contributed by atoms with Gasteiger partial charge < -0.3 is 9.47 Å². The molecule has 0 unspecified atom stereocenters. The van der Waals surface area contributed by atoms with Crippen molar-refractivity contribution in [2.24, 2.45) is 0 Å². The van der Waals surface area contributed by atoms with Gasteiger partial charge in [-0.3, -0.25) is 9.59 Å². The second-order valence-corrected chi connectivity index (χ2v) is 6.25. The Labute approximate surface area is 161 Å². The molecule has 0 fully saturated rings. The number of fused-ring (bicyclic) bond motifs is 2. The van der Waals surface area contributed by atoms with Crippen molar-refractivity contribution in [3.8, 4) is 11.5 Å². The zero-order chi connectivity index (χ0) is 19.8. The Bertz CT molecular complexity index is 1040. The molecule has 4 rings (SSSR count). The number of carbonyl (C=O) groups is 2. The average molecular weight is 379 g/mol.